The molecule has 0 fully saturated rings. The van der Waals surface area contributed by atoms with Crippen molar-refractivity contribution in [1.29, 1.82) is 0 Å². The predicted molar refractivity (Wildman–Crippen MR) is 222 cm³/mol. The maximum absolute atomic E-state index is 6.55. The Hall–Kier alpha value is -7.10. The highest BCUT2D eigenvalue weighted by atomic mass is 16.3. The van der Waals surface area contributed by atoms with E-state index in [9.17, 15) is 0 Å². The van der Waals surface area contributed by atoms with Gasteiger partial charge in [0.25, 0.3) is 0 Å². The van der Waals surface area contributed by atoms with Gasteiger partial charge in [0.15, 0.2) is 0 Å². The topological polar surface area (TPSA) is 23.0 Å². The van der Waals surface area contributed by atoms with E-state index in [0.29, 0.717) is 0 Å². The van der Waals surface area contributed by atoms with Crippen LogP contribution in [0.5, 0.6) is 0 Å². The minimum atomic E-state index is 0.896. The lowest BCUT2D eigenvalue weighted by molar-refractivity contribution is 0.669. The van der Waals surface area contributed by atoms with Crippen molar-refractivity contribution in [3.05, 3.63) is 170 Å². The molecule has 53 heavy (non-hydrogen) atoms. The van der Waals surface area contributed by atoms with Crippen molar-refractivity contribution in [3.8, 4) is 33.6 Å². The Balaban J connectivity index is 1.22. The van der Waals surface area contributed by atoms with E-state index in [0.717, 1.165) is 38.8 Å². The van der Waals surface area contributed by atoms with Gasteiger partial charge in [-0.25, -0.2) is 0 Å². The van der Waals surface area contributed by atoms with Gasteiger partial charge in [-0.15, -0.1) is 0 Å². The third-order valence-electron chi connectivity index (χ3n) is 11.8. The highest BCUT2D eigenvalue weighted by molar-refractivity contribution is 6.26. The van der Waals surface area contributed by atoms with E-state index < -0.39 is 0 Å². The molecule has 1 aliphatic rings. The first-order chi connectivity index (χ1) is 26.3. The van der Waals surface area contributed by atoms with Gasteiger partial charge in [-0.3, -0.25) is 0 Å². The van der Waals surface area contributed by atoms with Gasteiger partial charge < -0.3 is 13.6 Å². The lowest BCUT2D eigenvalue weighted by Crippen LogP contribution is -1.99. The molecular formula is C50H28N2O. The van der Waals surface area contributed by atoms with E-state index in [2.05, 4.69) is 173 Å². The lowest BCUT2D eigenvalue weighted by atomic mass is 10.0. The predicted octanol–water partition coefficient (Wildman–Crippen LogP) is 13.7. The molecule has 3 heterocycles. The van der Waals surface area contributed by atoms with Crippen LogP contribution < -0.4 is 0 Å². The van der Waals surface area contributed by atoms with Crippen LogP contribution in [0.3, 0.4) is 0 Å². The monoisotopic (exact) mass is 672 g/mol. The number of furan rings is 1. The molecular weight excluding hydrogens is 645 g/mol. The van der Waals surface area contributed by atoms with Gasteiger partial charge >= 0.3 is 0 Å². The standard InChI is InChI=1S/C50H28N2O/c1-2-10-31-25-32(20-19-29(31)9-1)51-44-17-5-3-13-35(44)39-23-24-40-42-27-43-36-14-4-6-18-46(36)53-47(43)28-45(42)52(50(40)49(39)51)33-21-22-34-37-15-7-11-30-12-8-16-38(48(30)37)41(34)26-33/h1-28H. The van der Waals surface area contributed by atoms with E-state index in [1.54, 1.807) is 0 Å². The van der Waals surface area contributed by atoms with Crippen molar-refractivity contribution in [2.75, 3.05) is 0 Å². The summed E-state index contributed by atoms with van der Waals surface area (Å²) in [5, 5.41) is 12.3. The fourth-order valence-corrected chi connectivity index (χ4v) is 9.54. The van der Waals surface area contributed by atoms with Crippen LogP contribution in [0.2, 0.25) is 0 Å². The van der Waals surface area contributed by atoms with Gasteiger partial charge in [0.2, 0.25) is 0 Å². The molecule has 0 saturated heterocycles. The molecule has 13 rings (SSSR count). The van der Waals surface area contributed by atoms with Crippen LogP contribution in [0.1, 0.15) is 0 Å². The van der Waals surface area contributed by atoms with Gasteiger partial charge in [0, 0.05) is 49.8 Å². The van der Waals surface area contributed by atoms with Gasteiger partial charge in [-0.1, -0.05) is 121 Å². The average Bonchev–Trinajstić information content (AvgIpc) is 3.94. The first-order valence-electron chi connectivity index (χ1n) is 18.3. The molecule has 244 valence electrons. The number of nitrogens with zero attached hydrogens (tertiary/aromatic N) is 2. The second-order valence-corrected chi connectivity index (χ2v) is 14.5. The summed E-state index contributed by atoms with van der Waals surface area (Å²) >= 11 is 0. The SMILES string of the molecule is c1ccc2cc(-n3c4ccccc4c4ccc5c6cc7c(cc6n(-c6ccc8c(c6)-c6cccc9cccc-8c69)c5c43)oc3ccccc37)ccc2c1. The van der Waals surface area contributed by atoms with Crippen LogP contribution in [-0.4, -0.2) is 9.13 Å². The summed E-state index contributed by atoms with van der Waals surface area (Å²) < 4.78 is 11.5. The van der Waals surface area contributed by atoms with Crippen LogP contribution in [0.15, 0.2) is 174 Å². The van der Waals surface area contributed by atoms with Crippen molar-refractivity contribution in [1.82, 2.24) is 9.13 Å². The second-order valence-electron chi connectivity index (χ2n) is 14.5. The van der Waals surface area contributed by atoms with E-state index in [-0.39, 0.29) is 0 Å². The Morgan fingerprint density at radius 2 is 0.981 bits per heavy atom. The minimum Gasteiger partial charge on any atom is -0.456 e. The highest BCUT2D eigenvalue weighted by Gasteiger charge is 2.25. The summed E-state index contributed by atoms with van der Waals surface area (Å²) in [5.74, 6) is 0. The van der Waals surface area contributed by atoms with Gasteiger partial charge in [-0.05, 0) is 86.3 Å². The molecule has 9 aromatic carbocycles. The number of hydrogen-bond donors (Lipinski definition) is 0. The van der Waals surface area contributed by atoms with Crippen LogP contribution >= 0.6 is 0 Å². The minimum absolute atomic E-state index is 0.896. The number of hydrogen-bond acceptors (Lipinski definition) is 1. The fourth-order valence-electron chi connectivity index (χ4n) is 9.54. The zero-order chi connectivity index (χ0) is 34.4. The quantitative estimate of drug-likeness (QED) is 0.179. The van der Waals surface area contributed by atoms with E-state index in [1.165, 1.54) is 81.9 Å². The Morgan fingerprint density at radius 1 is 0.321 bits per heavy atom. The Labute approximate surface area is 303 Å². The molecule has 0 atom stereocenters. The van der Waals surface area contributed by atoms with Crippen molar-refractivity contribution in [2.45, 2.75) is 0 Å². The normalized spacial score (nSPS) is 12.5. The smallest absolute Gasteiger partial charge is 0.137 e. The molecule has 0 amide bonds. The largest absolute Gasteiger partial charge is 0.456 e. The summed E-state index contributed by atoms with van der Waals surface area (Å²) in [6.07, 6.45) is 0. The summed E-state index contributed by atoms with van der Waals surface area (Å²) in [6, 6.07) is 62.4. The average molecular weight is 673 g/mol. The van der Waals surface area contributed by atoms with Crippen LogP contribution in [-0.2, 0) is 0 Å². The van der Waals surface area contributed by atoms with Crippen molar-refractivity contribution < 1.29 is 4.42 Å². The number of benzene rings is 9. The van der Waals surface area contributed by atoms with Crippen molar-refractivity contribution >= 4 is 87.1 Å². The van der Waals surface area contributed by atoms with Gasteiger partial charge in [0.05, 0.1) is 22.1 Å². The molecule has 0 saturated carbocycles. The van der Waals surface area contributed by atoms with Crippen LogP contribution in [0, 0.1) is 0 Å². The maximum Gasteiger partial charge on any atom is 0.137 e. The number of fused-ring (bicyclic) bond motifs is 14. The number of para-hydroxylation sites is 2. The molecule has 3 heteroatoms. The lowest BCUT2D eigenvalue weighted by Gasteiger charge is -2.14. The maximum atomic E-state index is 6.55. The molecule has 1 aliphatic carbocycles. The molecule has 0 bridgehead atoms. The summed E-state index contributed by atoms with van der Waals surface area (Å²) in [5.41, 5.74) is 14.0. The first-order valence-corrected chi connectivity index (χ1v) is 18.3. The van der Waals surface area contributed by atoms with Crippen LogP contribution in [0.4, 0.5) is 0 Å². The van der Waals surface area contributed by atoms with E-state index in [4.69, 9.17) is 4.42 Å². The van der Waals surface area contributed by atoms with Crippen molar-refractivity contribution in [3.63, 3.8) is 0 Å². The zero-order valence-electron chi connectivity index (χ0n) is 28.5. The zero-order valence-corrected chi connectivity index (χ0v) is 28.5. The molecule has 3 nitrogen and oxygen atoms in total. The highest BCUT2D eigenvalue weighted by Crippen LogP contribution is 2.49. The third-order valence-corrected chi connectivity index (χ3v) is 11.8. The third kappa shape index (κ3) is 3.53. The molecule has 0 spiro atoms. The second kappa shape index (κ2) is 9.81. The Kier molecular flexibility index (Phi) is 5.11. The molecule has 0 N–H and O–H groups in total. The van der Waals surface area contributed by atoms with E-state index >= 15 is 0 Å². The molecule has 0 aliphatic heterocycles. The van der Waals surface area contributed by atoms with E-state index in [1.807, 2.05) is 6.07 Å². The molecule has 12 aromatic rings. The molecule has 0 unspecified atom stereocenters. The number of aromatic nitrogens is 2. The van der Waals surface area contributed by atoms with Crippen molar-refractivity contribution in [2.24, 2.45) is 0 Å². The van der Waals surface area contributed by atoms with Gasteiger partial charge in [-0.2, -0.15) is 0 Å². The summed E-state index contributed by atoms with van der Waals surface area (Å²) in [6.45, 7) is 0. The Morgan fingerprint density at radius 3 is 1.85 bits per heavy atom. The first kappa shape index (κ1) is 27.6. The summed E-state index contributed by atoms with van der Waals surface area (Å²) in [7, 11) is 0. The summed E-state index contributed by atoms with van der Waals surface area (Å²) in [4.78, 5) is 0. The Bertz CT molecular complexity index is 3570. The van der Waals surface area contributed by atoms with Gasteiger partial charge in [0.1, 0.15) is 11.2 Å². The number of rotatable bonds is 2. The molecule has 0 radical (unpaired) electrons. The molecule has 3 aromatic heterocycles. The fraction of sp³-hybridized carbons (Fsp3) is 0. The van der Waals surface area contributed by atoms with Crippen LogP contribution in [0.25, 0.3) is 121 Å².